The number of hydrogen-bond donors (Lipinski definition) is 1. The van der Waals surface area contributed by atoms with Gasteiger partial charge in [0.05, 0.1) is 41.5 Å². The van der Waals surface area contributed by atoms with Gasteiger partial charge >= 0.3 is 6.18 Å². The van der Waals surface area contributed by atoms with Gasteiger partial charge in [-0.05, 0) is 73.0 Å². The van der Waals surface area contributed by atoms with Crippen molar-refractivity contribution in [1.82, 2.24) is 19.3 Å². The van der Waals surface area contributed by atoms with Gasteiger partial charge in [0, 0.05) is 30.5 Å². The average Bonchev–Trinajstić information content (AvgIpc) is 3.68. The fourth-order valence-electron chi connectivity index (χ4n) is 4.74. The van der Waals surface area contributed by atoms with Crippen LogP contribution in [0.25, 0.3) is 16.6 Å². The summed E-state index contributed by atoms with van der Waals surface area (Å²) < 4.78 is 46.0. The number of alkyl halides is 3. The summed E-state index contributed by atoms with van der Waals surface area (Å²) in [6.07, 6.45) is -0.00272. The Morgan fingerprint density at radius 1 is 1.07 bits per heavy atom. The second-order valence-corrected chi connectivity index (χ2v) is 9.83. The summed E-state index contributed by atoms with van der Waals surface area (Å²) in [5.74, 6) is 1.33. The molecule has 5 aromatic rings. The normalized spacial score (nSPS) is 13.5. The highest BCUT2D eigenvalue weighted by Crippen LogP contribution is 2.32. The lowest BCUT2D eigenvalue weighted by molar-refractivity contribution is -0.137. The number of halogens is 3. The van der Waals surface area contributed by atoms with Crippen molar-refractivity contribution in [3.63, 3.8) is 0 Å². The van der Waals surface area contributed by atoms with Crippen molar-refractivity contribution in [2.75, 3.05) is 12.4 Å². The molecule has 0 unspecified atom stereocenters. The van der Waals surface area contributed by atoms with Crippen molar-refractivity contribution in [3.05, 3.63) is 102 Å². The maximum Gasteiger partial charge on any atom is 0.417 e. The number of rotatable bonds is 8. The van der Waals surface area contributed by atoms with Crippen LogP contribution in [-0.4, -0.2) is 38.3 Å². The first-order valence-electron chi connectivity index (χ1n) is 12.9. The van der Waals surface area contributed by atoms with Gasteiger partial charge in [0.25, 0.3) is 5.91 Å². The van der Waals surface area contributed by atoms with Gasteiger partial charge in [0.1, 0.15) is 5.75 Å². The van der Waals surface area contributed by atoms with Crippen LogP contribution in [0.5, 0.6) is 5.75 Å². The number of carbonyl (C=O) groups is 1. The zero-order chi connectivity index (χ0) is 27.9. The van der Waals surface area contributed by atoms with Crippen LogP contribution in [0.15, 0.2) is 79.1 Å². The molecule has 1 aliphatic rings. The molecular formula is C30H26F3N5O2. The van der Waals surface area contributed by atoms with Crippen LogP contribution in [0.2, 0.25) is 0 Å². The molecule has 1 saturated carbocycles. The Hall–Kier alpha value is -4.60. The average molecular weight is 546 g/mol. The Labute approximate surface area is 228 Å². The third-order valence-electron chi connectivity index (χ3n) is 7.06. The van der Waals surface area contributed by atoms with E-state index in [9.17, 15) is 18.0 Å². The first-order chi connectivity index (χ1) is 19.3. The van der Waals surface area contributed by atoms with E-state index in [1.807, 2.05) is 59.1 Å². The summed E-state index contributed by atoms with van der Waals surface area (Å²) in [7, 11) is 1.63. The number of pyridine rings is 1. The lowest BCUT2D eigenvalue weighted by Gasteiger charge is -2.22. The Morgan fingerprint density at radius 2 is 1.88 bits per heavy atom. The number of nitrogens with zero attached hydrogens (tertiary/aromatic N) is 4. The van der Waals surface area contributed by atoms with Gasteiger partial charge in [-0.2, -0.15) is 13.2 Å². The highest BCUT2D eigenvalue weighted by atomic mass is 19.4. The summed E-state index contributed by atoms with van der Waals surface area (Å²) in [6.45, 7) is 0.722. The third kappa shape index (κ3) is 5.16. The summed E-state index contributed by atoms with van der Waals surface area (Å²) in [4.78, 5) is 24.1. The number of benzene rings is 2. The molecule has 7 nitrogen and oxygen atoms in total. The van der Waals surface area contributed by atoms with Crippen LogP contribution in [-0.2, 0) is 19.3 Å². The Bertz CT molecular complexity index is 1680. The van der Waals surface area contributed by atoms with E-state index in [0.29, 0.717) is 17.8 Å². The lowest BCUT2D eigenvalue weighted by atomic mass is 10.1. The molecule has 1 amide bonds. The second kappa shape index (κ2) is 10.2. The fourth-order valence-corrected chi connectivity index (χ4v) is 4.74. The third-order valence-corrected chi connectivity index (χ3v) is 7.06. The largest absolute Gasteiger partial charge is 0.497 e. The molecule has 1 N–H and O–H groups in total. The standard InChI is InChI=1S/C30H26F3N5O2/c1-40-24-11-4-19(5-12-24)16-35-28-26-3-2-14-37(26)27-15-20(6-13-25(27)36-28)29(39)38(23-9-10-23)18-22-8-7-21(17-34-22)30(31,32)33/h2-8,11-15,17,23H,9-10,16,18H2,1H3,(H,35,36). The number of carbonyl (C=O) groups excluding carboxylic acids is 1. The SMILES string of the molecule is COc1ccc(CNc2nc3ccc(C(=O)N(Cc4ccc(C(F)(F)F)cn4)C4CC4)cc3n3cccc23)cc1. The van der Waals surface area contributed by atoms with E-state index < -0.39 is 11.7 Å². The molecule has 204 valence electrons. The molecular weight excluding hydrogens is 519 g/mol. The topological polar surface area (TPSA) is 71.8 Å². The zero-order valence-corrected chi connectivity index (χ0v) is 21.7. The number of amides is 1. The van der Waals surface area contributed by atoms with E-state index in [1.165, 1.54) is 6.07 Å². The predicted octanol–water partition coefficient (Wildman–Crippen LogP) is 6.33. The molecule has 3 heterocycles. The van der Waals surface area contributed by atoms with Crippen molar-refractivity contribution < 1.29 is 22.7 Å². The van der Waals surface area contributed by atoms with Gasteiger partial charge in [0.15, 0.2) is 5.82 Å². The van der Waals surface area contributed by atoms with E-state index in [1.54, 1.807) is 18.1 Å². The Balaban J connectivity index is 1.26. The Kier molecular flexibility index (Phi) is 6.53. The minimum atomic E-state index is -4.45. The van der Waals surface area contributed by atoms with Crippen molar-refractivity contribution in [2.24, 2.45) is 0 Å². The van der Waals surface area contributed by atoms with E-state index in [-0.39, 0.29) is 18.5 Å². The summed E-state index contributed by atoms with van der Waals surface area (Å²) in [5, 5.41) is 3.41. The number of nitrogens with one attached hydrogen (secondary N) is 1. The van der Waals surface area contributed by atoms with Crippen LogP contribution in [0.3, 0.4) is 0 Å². The number of anilines is 1. The van der Waals surface area contributed by atoms with E-state index >= 15 is 0 Å². The van der Waals surface area contributed by atoms with E-state index in [2.05, 4.69) is 10.3 Å². The van der Waals surface area contributed by atoms with Crippen molar-refractivity contribution in [1.29, 1.82) is 0 Å². The molecule has 3 aromatic heterocycles. The number of methoxy groups -OCH3 is 1. The minimum absolute atomic E-state index is 0.0431. The van der Waals surface area contributed by atoms with Crippen LogP contribution >= 0.6 is 0 Å². The molecule has 0 spiro atoms. The van der Waals surface area contributed by atoms with Crippen LogP contribution < -0.4 is 10.1 Å². The molecule has 0 atom stereocenters. The van der Waals surface area contributed by atoms with Gasteiger partial charge in [-0.3, -0.25) is 9.78 Å². The zero-order valence-electron chi connectivity index (χ0n) is 21.7. The molecule has 6 rings (SSSR count). The van der Waals surface area contributed by atoms with Gasteiger partial charge in [-0.15, -0.1) is 0 Å². The highest BCUT2D eigenvalue weighted by Gasteiger charge is 2.34. The molecule has 1 aliphatic carbocycles. The maximum atomic E-state index is 13.6. The van der Waals surface area contributed by atoms with Crippen molar-refractivity contribution >= 4 is 28.3 Å². The van der Waals surface area contributed by atoms with Gasteiger partial charge in [-0.25, -0.2) is 4.98 Å². The molecule has 10 heteroatoms. The van der Waals surface area contributed by atoms with Gasteiger partial charge < -0.3 is 19.4 Å². The van der Waals surface area contributed by atoms with E-state index in [4.69, 9.17) is 9.72 Å². The Morgan fingerprint density at radius 3 is 2.55 bits per heavy atom. The molecule has 0 saturated heterocycles. The fraction of sp³-hybridized carbons (Fsp3) is 0.233. The van der Waals surface area contributed by atoms with Crippen LogP contribution in [0, 0.1) is 0 Å². The molecule has 0 aliphatic heterocycles. The summed E-state index contributed by atoms with van der Waals surface area (Å²) in [6, 6.07) is 19.5. The number of ether oxygens (including phenoxy) is 1. The number of aromatic nitrogens is 3. The molecule has 0 radical (unpaired) electrons. The highest BCUT2D eigenvalue weighted by molar-refractivity contribution is 5.98. The molecule has 1 fully saturated rings. The predicted molar refractivity (Wildman–Crippen MR) is 145 cm³/mol. The van der Waals surface area contributed by atoms with Crippen molar-refractivity contribution in [2.45, 2.75) is 38.1 Å². The van der Waals surface area contributed by atoms with Crippen LogP contribution in [0.1, 0.15) is 40.0 Å². The number of hydrogen-bond acceptors (Lipinski definition) is 5. The first-order valence-corrected chi connectivity index (χ1v) is 12.9. The maximum absolute atomic E-state index is 13.6. The summed E-state index contributed by atoms with van der Waals surface area (Å²) >= 11 is 0. The van der Waals surface area contributed by atoms with Crippen molar-refractivity contribution in [3.8, 4) is 5.75 Å². The minimum Gasteiger partial charge on any atom is -0.497 e. The first kappa shape index (κ1) is 25.7. The summed E-state index contributed by atoms with van der Waals surface area (Å²) in [5.41, 5.74) is 3.55. The molecule has 40 heavy (non-hydrogen) atoms. The van der Waals surface area contributed by atoms with Crippen LogP contribution in [0.4, 0.5) is 19.0 Å². The van der Waals surface area contributed by atoms with E-state index in [0.717, 1.165) is 58.8 Å². The molecule has 2 aromatic carbocycles. The monoisotopic (exact) mass is 545 g/mol. The van der Waals surface area contributed by atoms with Gasteiger partial charge in [-0.1, -0.05) is 12.1 Å². The quantitative estimate of drug-likeness (QED) is 0.247. The smallest absolute Gasteiger partial charge is 0.417 e. The number of fused-ring (bicyclic) bond motifs is 3. The van der Waals surface area contributed by atoms with Gasteiger partial charge in [0.2, 0.25) is 0 Å². The molecule has 0 bridgehead atoms. The lowest BCUT2D eigenvalue weighted by Crippen LogP contribution is -2.33. The second-order valence-electron chi connectivity index (χ2n) is 9.83.